The first-order chi connectivity index (χ1) is 8.88. The van der Waals surface area contributed by atoms with Crippen molar-refractivity contribution in [3.05, 3.63) is 35.9 Å². The van der Waals surface area contributed by atoms with E-state index in [9.17, 15) is 5.26 Å². The van der Waals surface area contributed by atoms with Gasteiger partial charge in [0.05, 0.1) is 12.0 Å². The Balaban J connectivity index is 1.58. The first kappa shape index (κ1) is 11.7. The minimum absolute atomic E-state index is 0.232. The molecule has 2 aliphatic carbocycles. The molecular weight excluding hydrogens is 220 g/mol. The van der Waals surface area contributed by atoms with Crippen LogP contribution < -0.4 is 5.32 Å². The molecule has 1 aromatic carbocycles. The van der Waals surface area contributed by atoms with Crippen molar-refractivity contribution in [2.75, 3.05) is 0 Å². The fourth-order valence-electron chi connectivity index (χ4n) is 3.21. The third kappa shape index (κ3) is 2.42. The van der Waals surface area contributed by atoms with Gasteiger partial charge in [0.15, 0.2) is 0 Å². The highest BCUT2D eigenvalue weighted by Crippen LogP contribution is 2.42. The van der Waals surface area contributed by atoms with Crippen molar-refractivity contribution >= 4 is 0 Å². The molecule has 2 nitrogen and oxygen atoms in total. The van der Waals surface area contributed by atoms with Gasteiger partial charge in [-0.3, -0.25) is 0 Å². The van der Waals surface area contributed by atoms with Gasteiger partial charge >= 0.3 is 0 Å². The maximum absolute atomic E-state index is 9.19. The maximum atomic E-state index is 9.19. The molecule has 2 fully saturated rings. The first-order valence-electron chi connectivity index (χ1n) is 7.09. The van der Waals surface area contributed by atoms with Crippen LogP contribution in [0.3, 0.4) is 0 Å². The molecule has 18 heavy (non-hydrogen) atoms. The zero-order valence-corrected chi connectivity index (χ0v) is 10.7. The fourth-order valence-corrected chi connectivity index (χ4v) is 3.21. The molecule has 0 spiro atoms. The van der Waals surface area contributed by atoms with Crippen LogP contribution in [0, 0.1) is 17.2 Å². The van der Waals surface area contributed by atoms with E-state index < -0.39 is 0 Å². The number of benzene rings is 1. The summed E-state index contributed by atoms with van der Waals surface area (Å²) in [4.78, 5) is 0. The van der Waals surface area contributed by atoms with E-state index in [0.717, 1.165) is 6.42 Å². The summed E-state index contributed by atoms with van der Waals surface area (Å²) in [7, 11) is 0. The molecule has 1 N–H and O–H groups in total. The molecule has 0 bridgehead atoms. The van der Waals surface area contributed by atoms with E-state index in [4.69, 9.17) is 0 Å². The Morgan fingerprint density at radius 3 is 2.61 bits per heavy atom. The van der Waals surface area contributed by atoms with Gasteiger partial charge in [0.1, 0.15) is 0 Å². The summed E-state index contributed by atoms with van der Waals surface area (Å²) in [5.74, 6) is 0.906. The Bertz CT molecular complexity index is 434. The van der Waals surface area contributed by atoms with Crippen molar-refractivity contribution in [3.8, 4) is 6.07 Å². The average molecular weight is 240 g/mol. The third-order valence-corrected chi connectivity index (χ3v) is 4.38. The summed E-state index contributed by atoms with van der Waals surface area (Å²) in [6.45, 7) is 0. The van der Waals surface area contributed by atoms with Crippen LogP contribution in [0.5, 0.6) is 0 Å². The van der Waals surface area contributed by atoms with Crippen LogP contribution in [-0.4, -0.2) is 12.1 Å². The van der Waals surface area contributed by atoms with E-state index in [0.29, 0.717) is 18.0 Å². The van der Waals surface area contributed by atoms with Gasteiger partial charge in [-0.05, 0) is 24.8 Å². The van der Waals surface area contributed by atoms with Crippen LogP contribution in [0.2, 0.25) is 0 Å². The lowest BCUT2D eigenvalue weighted by Gasteiger charge is -2.28. The van der Waals surface area contributed by atoms with Crippen molar-refractivity contribution in [2.24, 2.45) is 5.92 Å². The standard InChI is InChI=1S/C16H20N2/c17-11-13-8-4-5-9-15(13)18-16-10-14(16)12-6-2-1-3-7-12/h1-3,6-7,13-16,18H,4-5,8-10H2. The van der Waals surface area contributed by atoms with Crippen LogP contribution >= 0.6 is 0 Å². The monoisotopic (exact) mass is 240 g/mol. The second kappa shape index (κ2) is 5.12. The quantitative estimate of drug-likeness (QED) is 0.880. The van der Waals surface area contributed by atoms with Crippen molar-refractivity contribution in [3.63, 3.8) is 0 Å². The highest BCUT2D eigenvalue weighted by molar-refractivity contribution is 5.27. The highest BCUT2D eigenvalue weighted by atomic mass is 15.0. The Labute approximate surface area is 109 Å². The van der Waals surface area contributed by atoms with E-state index in [1.54, 1.807) is 0 Å². The van der Waals surface area contributed by atoms with E-state index in [2.05, 4.69) is 41.7 Å². The third-order valence-electron chi connectivity index (χ3n) is 4.38. The second-order valence-electron chi connectivity index (χ2n) is 5.65. The Morgan fingerprint density at radius 1 is 1.06 bits per heavy atom. The van der Waals surface area contributed by atoms with Gasteiger partial charge in [-0.2, -0.15) is 5.26 Å². The normalized spacial score (nSPS) is 34.8. The predicted molar refractivity (Wildman–Crippen MR) is 72.1 cm³/mol. The second-order valence-corrected chi connectivity index (χ2v) is 5.65. The molecule has 0 saturated heterocycles. The summed E-state index contributed by atoms with van der Waals surface area (Å²) in [6.07, 6.45) is 5.99. The smallest absolute Gasteiger partial charge is 0.0672 e. The summed E-state index contributed by atoms with van der Waals surface area (Å²) in [5, 5.41) is 12.9. The van der Waals surface area contributed by atoms with Gasteiger partial charge in [0.2, 0.25) is 0 Å². The summed E-state index contributed by atoms with van der Waals surface area (Å²) in [5.41, 5.74) is 1.44. The molecule has 4 unspecified atom stereocenters. The molecule has 94 valence electrons. The summed E-state index contributed by atoms with van der Waals surface area (Å²) < 4.78 is 0. The number of rotatable bonds is 3. The Hall–Kier alpha value is -1.33. The number of nitriles is 1. The van der Waals surface area contributed by atoms with Gasteiger partial charge in [0, 0.05) is 18.0 Å². The zero-order chi connectivity index (χ0) is 12.4. The summed E-state index contributed by atoms with van der Waals surface area (Å²) in [6, 6.07) is 14.2. The van der Waals surface area contributed by atoms with Crippen LogP contribution in [0.25, 0.3) is 0 Å². The molecule has 0 aliphatic heterocycles. The molecular formula is C16H20N2. The van der Waals surface area contributed by atoms with Crippen LogP contribution in [-0.2, 0) is 0 Å². The molecule has 0 radical (unpaired) electrons. The largest absolute Gasteiger partial charge is 0.309 e. The minimum atomic E-state index is 0.232. The predicted octanol–water partition coefficient (Wildman–Crippen LogP) is 3.21. The maximum Gasteiger partial charge on any atom is 0.0672 e. The topological polar surface area (TPSA) is 35.8 Å². The van der Waals surface area contributed by atoms with E-state index >= 15 is 0 Å². The van der Waals surface area contributed by atoms with Crippen molar-refractivity contribution < 1.29 is 0 Å². The number of nitrogens with zero attached hydrogens (tertiary/aromatic N) is 1. The molecule has 0 amide bonds. The highest BCUT2D eigenvalue weighted by Gasteiger charge is 2.40. The van der Waals surface area contributed by atoms with Gasteiger partial charge < -0.3 is 5.32 Å². The van der Waals surface area contributed by atoms with E-state index in [-0.39, 0.29) is 5.92 Å². The SMILES string of the molecule is N#CC1CCCCC1NC1CC1c1ccccc1. The van der Waals surface area contributed by atoms with E-state index in [1.165, 1.54) is 31.2 Å². The number of hydrogen-bond acceptors (Lipinski definition) is 2. The molecule has 0 heterocycles. The molecule has 4 atom stereocenters. The molecule has 2 saturated carbocycles. The van der Waals surface area contributed by atoms with Crippen molar-refractivity contribution in [1.29, 1.82) is 5.26 Å². The Kier molecular flexibility index (Phi) is 3.34. The van der Waals surface area contributed by atoms with Gasteiger partial charge in [-0.1, -0.05) is 43.2 Å². The summed E-state index contributed by atoms with van der Waals surface area (Å²) >= 11 is 0. The molecule has 0 aromatic heterocycles. The molecule has 1 aromatic rings. The lowest BCUT2D eigenvalue weighted by atomic mass is 9.85. The average Bonchev–Trinajstić information content (AvgIpc) is 3.20. The zero-order valence-electron chi connectivity index (χ0n) is 10.7. The lowest BCUT2D eigenvalue weighted by Crippen LogP contribution is -2.39. The number of nitrogens with one attached hydrogen (secondary N) is 1. The first-order valence-corrected chi connectivity index (χ1v) is 7.09. The molecule has 2 heteroatoms. The van der Waals surface area contributed by atoms with Crippen LogP contribution in [0.1, 0.15) is 43.6 Å². The van der Waals surface area contributed by atoms with Gasteiger partial charge in [0.25, 0.3) is 0 Å². The minimum Gasteiger partial charge on any atom is -0.309 e. The van der Waals surface area contributed by atoms with Crippen LogP contribution in [0.15, 0.2) is 30.3 Å². The lowest BCUT2D eigenvalue weighted by molar-refractivity contribution is 0.309. The van der Waals surface area contributed by atoms with Crippen molar-refractivity contribution in [1.82, 2.24) is 5.32 Å². The van der Waals surface area contributed by atoms with Crippen LogP contribution in [0.4, 0.5) is 0 Å². The van der Waals surface area contributed by atoms with Gasteiger partial charge in [-0.15, -0.1) is 0 Å². The van der Waals surface area contributed by atoms with Crippen molar-refractivity contribution in [2.45, 2.75) is 50.1 Å². The van der Waals surface area contributed by atoms with Gasteiger partial charge in [-0.25, -0.2) is 0 Å². The van der Waals surface area contributed by atoms with E-state index in [1.807, 2.05) is 0 Å². The Morgan fingerprint density at radius 2 is 1.83 bits per heavy atom. The number of hydrogen-bond donors (Lipinski definition) is 1. The molecule has 2 aliphatic rings. The molecule has 3 rings (SSSR count). The fraction of sp³-hybridized carbons (Fsp3) is 0.562.